The average molecular weight is 302 g/mol. The topological polar surface area (TPSA) is 43.3 Å². The zero-order chi connectivity index (χ0) is 12.5. The maximum absolute atomic E-state index is 5.92. The molecule has 4 heteroatoms. The van der Waals surface area contributed by atoms with Crippen LogP contribution in [0.2, 0.25) is 0 Å². The van der Waals surface area contributed by atoms with Crippen LogP contribution in [0.5, 0.6) is 0 Å². The van der Waals surface area contributed by atoms with Crippen LogP contribution < -0.4 is 5.73 Å². The fraction of sp³-hybridized carbons (Fsp3) is 0.0714. The van der Waals surface area contributed by atoms with Gasteiger partial charge in [-0.3, -0.25) is 0 Å². The highest BCUT2D eigenvalue weighted by molar-refractivity contribution is 9.10. The smallest absolute Gasteiger partial charge is 0.117 e. The van der Waals surface area contributed by atoms with E-state index in [0.717, 1.165) is 27.9 Å². The van der Waals surface area contributed by atoms with Gasteiger partial charge in [0.1, 0.15) is 5.82 Å². The minimum absolute atomic E-state index is 0.753. The minimum Gasteiger partial charge on any atom is -0.397 e. The van der Waals surface area contributed by atoms with Crippen molar-refractivity contribution in [2.24, 2.45) is 0 Å². The zero-order valence-corrected chi connectivity index (χ0v) is 11.3. The van der Waals surface area contributed by atoms with Crippen molar-refractivity contribution in [3.63, 3.8) is 0 Å². The predicted molar refractivity (Wildman–Crippen MR) is 76.6 cm³/mol. The summed E-state index contributed by atoms with van der Waals surface area (Å²) in [6.45, 7) is 0. The molecule has 3 rings (SSSR count). The van der Waals surface area contributed by atoms with Crippen molar-refractivity contribution in [3.05, 3.63) is 64.7 Å². The molecule has 0 saturated heterocycles. The second-order valence-corrected chi connectivity index (χ2v) is 5.02. The van der Waals surface area contributed by atoms with Crippen molar-refractivity contribution in [3.8, 4) is 0 Å². The number of hydrogen-bond donors (Lipinski definition) is 1. The van der Waals surface area contributed by atoms with E-state index in [1.54, 1.807) is 0 Å². The fourth-order valence-corrected chi connectivity index (χ4v) is 2.47. The van der Waals surface area contributed by atoms with E-state index in [1.807, 2.05) is 47.1 Å². The molecule has 2 aromatic heterocycles. The molecule has 0 bridgehead atoms. The Morgan fingerprint density at radius 3 is 2.83 bits per heavy atom. The van der Waals surface area contributed by atoms with Gasteiger partial charge in [-0.2, -0.15) is 0 Å². The molecule has 2 heterocycles. The molecule has 3 aromatic rings. The molecule has 0 fully saturated rings. The van der Waals surface area contributed by atoms with Crippen LogP contribution >= 0.6 is 15.9 Å². The van der Waals surface area contributed by atoms with Crippen molar-refractivity contribution in [2.75, 3.05) is 5.73 Å². The highest BCUT2D eigenvalue weighted by atomic mass is 79.9. The first-order valence-corrected chi connectivity index (χ1v) is 6.49. The Kier molecular flexibility index (Phi) is 2.80. The van der Waals surface area contributed by atoms with E-state index in [9.17, 15) is 0 Å². The normalized spacial score (nSPS) is 10.9. The molecule has 0 radical (unpaired) electrons. The van der Waals surface area contributed by atoms with Crippen LogP contribution in [0.3, 0.4) is 0 Å². The number of rotatable bonds is 2. The van der Waals surface area contributed by atoms with E-state index in [-0.39, 0.29) is 0 Å². The number of imidazole rings is 1. The van der Waals surface area contributed by atoms with Gasteiger partial charge in [0, 0.05) is 17.1 Å². The van der Waals surface area contributed by atoms with Gasteiger partial charge in [0.05, 0.1) is 17.4 Å². The number of benzene rings is 1. The van der Waals surface area contributed by atoms with Gasteiger partial charge in [-0.1, -0.05) is 34.1 Å². The summed E-state index contributed by atoms with van der Waals surface area (Å²) in [5.74, 6) is 0.990. The van der Waals surface area contributed by atoms with Gasteiger partial charge in [-0.25, -0.2) is 4.98 Å². The SMILES string of the molecule is Nc1cccn2c(Cc3ccccc3Br)ncc12. The van der Waals surface area contributed by atoms with Gasteiger partial charge in [-0.05, 0) is 23.8 Å². The van der Waals surface area contributed by atoms with Gasteiger partial charge in [-0.15, -0.1) is 0 Å². The van der Waals surface area contributed by atoms with E-state index in [0.29, 0.717) is 0 Å². The Labute approximate surface area is 113 Å². The van der Waals surface area contributed by atoms with Crippen LogP contribution in [-0.2, 0) is 6.42 Å². The third-order valence-electron chi connectivity index (χ3n) is 2.99. The molecule has 18 heavy (non-hydrogen) atoms. The summed E-state index contributed by atoms with van der Waals surface area (Å²) < 4.78 is 3.14. The number of aromatic nitrogens is 2. The molecular weight excluding hydrogens is 290 g/mol. The predicted octanol–water partition coefficient (Wildman–Crippen LogP) is 3.27. The van der Waals surface area contributed by atoms with Gasteiger partial charge >= 0.3 is 0 Å². The number of nitrogens with zero attached hydrogens (tertiary/aromatic N) is 2. The molecule has 0 unspecified atom stereocenters. The van der Waals surface area contributed by atoms with E-state index in [4.69, 9.17) is 5.73 Å². The molecule has 0 aliphatic rings. The first-order valence-electron chi connectivity index (χ1n) is 5.69. The lowest BCUT2D eigenvalue weighted by Gasteiger charge is -2.04. The van der Waals surface area contributed by atoms with Crippen molar-refractivity contribution in [1.29, 1.82) is 0 Å². The summed E-state index contributed by atoms with van der Waals surface area (Å²) in [6, 6.07) is 12.0. The van der Waals surface area contributed by atoms with E-state index < -0.39 is 0 Å². The van der Waals surface area contributed by atoms with Crippen molar-refractivity contribution in [1.82, 2.24) is 9.38 Å². The van der Waals surface area contributed by atoms with Gasteiger partial charge in [0.15, 0.2) is 0 Å². The highest BCUT2D eigenvalue weighted by Gasteiger charge is 2.07. The molecule has 0 amide bonds. The fourth-order valence-electron chi connectivity index (χ4n) is 2.04. The van der Waals surface area contributed by atoms with E-state index in [1.165, 1.54) is 5.56 Å². The van der Waals surface area contributed by atoms with Crippen molar-refractivity contribution >= 4 is 27.1 Å². The average Bonchev–Trinajstić information content (AvgIpc) is 2.77. The van der Waals surface area contributed by atoms with E-state index >= 15 is 0 Å². The lowest BCUT2D eigenvalue weighted by atomic mass is 10.1. The van der Waals surface area contributed by atoms with Gasteiger partial charge < -0.3 is 10.1 Å². The summed E-state index contributed by atoms with van der Waals surface area (Å²) in [5, 5.41) is 0. The Bertz CT molecular complexity index is 703. The maximum Gasteiger partial charge on any atom is 0.117 e. The Balaban J connectivity index is 2.06. The largest absolute Gasteiger partial charge is 0.397 e. The standard InChI is InChI=1S/C14H12BrN3/c15-11-5-2-1-4-10(11)8-14-17-9-13-12(16)6-3-7-18(13)14/h1-7,9H,8,16H2. The minimum atomic E-state index is 0.753. The third kappa shape index (κ3) is 1.88. The lowest BCUT2D eigenvalue weighted by molar-refractivity contribution is 0.959. The Morgan fingerprint density at radius 1 is 1.17 bits per heavy atom. The number of fused-ring (bicyclic) bond motifs is 1. The van der Waals surface area contributed by atoms with Crippen LogP contribution in [0.4, 0.5) is 5.69 Å². The molecule has 0 aliphatic heterocycles. The highest BCUT2D eigenvalue weighted by Crippen LogP contribution is 2.21. The molecule has 2 N–H and O–H groups in total. The summed E-state index contributed by atoms with van der Waals surface area (Å²) in [5.41, 5.74) is 8.85. The molecule has 0 atom stereocenters. The first-order chi connectivity index (χ1) is 8.75. The number of nitrogen functional groups attached to an aromatic ring is 1. The number of hydrogen-bond acceptors (Lipinski definition) is 2. The zero-order valence-electron chi connectivity index (χ0n) is 9.68. The summed E-state index contributed by atoms with van der Waals surface area (Å²) in [6.07, 6.45) is 4.59. The summed E-state index contributed by atoms with van der Waals surface area (Å²) in [4.78, 5) is 4.45. The quantitative estimate of drug-likeness (QED) is 0.789. The molecule has 3 nitrogen and oxygen atoms in total. The van der Waals surface area contributed by atoms with Crippen molar-refractivity contribution in [2.45, 2.75) is 6.42 Å². The van der Waals surface area contributed by atoms with Gasteiger partial charge in [0.25, 0.3) is 0 Å². The van der Waals surface area contributed by atoms with Gasteiger partial charge in [0.2, 0.25) is 0 Å². The second kappa shape index (κ2) is 4.46. The molecule has 1 aromatic carbocycles. The van der Waals surface area contributed by atoms with Crippen LogP contribution in [0.15, 0.2) is 53.3 Å². The Morgan fingerprint density at radius 2 is 2.00 bits per heavy atom. The van der Waals surface area contributed by atoms with Crippen LogP contribution in [0.25, 0.3) is 5.52 Å². The monoisotopic (exact) mass is 301 g/mol. The molecule has 90 valence electrons. The second-order valence-electron chi connectivity index (χ2n) is 4.16. The summed E-state index contributed by atoms with van der Waals surface area (Å²) in [7, 11) is 0. The third-order valence-corrected chi connectivity index (χ3v) is 3.76. The first kappa shape index (κ1) is 11.3. The molecule has 0 spiro atoms. The van der Waals surface area contributed by atoms with Crippen molar-refractivity contribution < 1.29 is 0 Å². The maximum atomic E-state index is 5.92. The number of nitrogens with two attached hydrogens (primary N) is 1. The van der Waals surface area contributed by atoms with Crippen LogP contribution in [0.1, 0.15) is 11.4 Å². The Hall–Kier alpha value is -1.81. The lowest BCUT2D eigenvalue weighted by Crippen LogP contribution is -1.98. The van der Waals surface area contributed by atoms with E-state index in [2.05, 4.69) is 27.0 Å². The summed E-state index contributed by atoms with van der Waals surface area (Å²) >= 11 is 3.56. The molecular formula is C14H12BrN3. The number of halogens is 1. The number of anilines is 1. The van der Waals surface area contributed by atoms with Crippen LogP contribution in [-0.4, -0.2) is 9.38 Å². The molecule has 0 saturated carbocycles. The number of pyridine rings is 1. The van der Waals surface area contributed by atoms with Crippen LogP contribution in [0, 0.1) is 0 Å². The molecule has 0 aliphatic carbocycles.